The first-order valence-corrected chi connectivity index (χ1v) is 5.66. The molecule has 2 rings (SSSR count). The van der Waals surface area contributed by atoms with Gasteiger partial charge in [0.25, 0.3) is 0 Å². The Bertz CT molecular complexity index is 586. The summed E-state index contributed by atoms with van der Waals surface area (Å²) < 4.78 is 23.6. The number of benzene rings is 2. The maximum absolute atomic E-state index is 13.3. The molecule has 3 nitrogen and oxygen atoms in total. The van der Waals surface area contributed by atoms with Crippen LogP contribution in [0.4, 0.5) is 4.39 Å². The molecule has 0 atom stereocenters. The van der Waals surface area contributed by atoms with Crippen LogP contribution in [-0.4, -0.2) is 20.5 Å². The van der Waals surface area contributed by atoms with E-state index in [0.29, 0.717) is 17.8 Å². The van der Waals surface area contributed by atoms with E-state index in [4.69, 9.17) is 9.47 Å². The van der Waals surface area contributed by atoms with Gasteiger partial charge in [-0.25, -0.2) is 4.39 Å². The van der Waals surface area contributed by atoms with Gasteiger partial charge in [0.05, 0.1) is 19.8 Å². The maximum Gasteiger partial charge on any atom is 0.153 e. The molecule has 0 aliphatic heterocycles. The highest BCUT2D eigenvalue weighted by molar-refractivity contribution is 5.79. The average molecular weight is 260 g/mol. The fraction of sp³-hybridized carbons (Fsp3) is 0.133. The molecule has 0 unspecified atom stereocenters. The maximum atomic E-state index is 13.3. The number of halogens is 1. The minimum Gasteiger partial charge on any atom is -0.497 e. The normalized spacial score (nSPS) is 10.1. The summed E-state index contributed by atoms with van der Waals surface area (Å²) in [6, 6.07) is 9.71. The predicted molar refractivity (Wildman–Crippen MR) is 70.3 cm³/mol. The van der Waals surface area contributed by atoms with E-state index in [1.807, 2.05) is 0 Å². The molecule has 0 bridgehead atoms. The number of hydrogen-bond donors (Lipinski definition) is 0. The Morgan fingerprint density at radius 3 is 2.11 bits per heavy atom. The van der Waals surface area contributed by atoms with Crippen LogP contribution >= 0.6 is 0 Å². The first-order valence-electron chi connectivity index (χ1n) is 5.66. The van der Waals surface area contributed by atoms with Gasteiger partial charge in [-0.15, -0.1) is 0 Å². The highest BCUT2D eigenvalue weighted by Crippen LogP contribution is 2.30. The average Bonchev–Trinajstić information content (AvgIpc) is 2.47. The van der Waals surface area contributed by atoms with Crippen molar-refractivity contribution in [1.82, 2.24) is 0 Å². The lowest BCUT2D eigenvalue weighted by Crippen LogP contribution is -1.91. The zero-order chi connectivity index (χ0) is 13.8. The molecule has 0 N–H and O–H groups in total. The van der Waals surface area contributed by atoms with E-state index in [2.05, 4.69) is 0 Å². The third-order valence-corrected chi connectivity index (χ3v) is 2.81. The number of carbonyl (C=O) groups excluding carboxylic acids is 1. The van der Waals surface area contributed by atoms with E-state index in [9.17, 15) is 9.18 Å². The topological polar surface area (TPSA) is 35.5 Å². The van der Waals surface area contributed by atoms with Crippen molar-refractivity contribution < 1.29 is 18.7 Å². The summed E-state index contributed by atoms with van der Waals surface area (Å²) in [4.78, 5) is 10.8. The largest absolute Gasteiger partial charge is 0.497 e. The molecular weight excluding hydrogens is 247 g/mol. The molecule has 0 saturated carbocycles. The van der Waals surface area contributed by atoms with Gasteiger partial charge in [-0.3, -0.25) is 4.79 Å². The van der Waals surface area contributed by atoms with Crippen molar-refractivity contribution in [2.24, 2.45) is 0 Å². The number of ether oxygens (including phenoxy) is 2. The lowest BCUT2D eigenvalue weighted by molar-refractivity contribution is 0.112. The summed E-state index contributed by atoms with van der Waals surface area (Å²) in [5.41, 5.74) is 1.54. The second-order valence-electron chi connectivity index (χ2n) is 3.96. The highest BCUT2D eigenvalue weighted by atomic mass is 19.1. The molecule has 0 aliphatic rings. The van der Waals surface area contributed by atoms with Gasteiger partial charge in [0.1, 0.15) is 17.3 Å². The second-order valence-corrected chi connectivity index (χ2v) is 3.96. The Balaban J connectivity index is 2.54. The summed E-state index contributed by atoms with van der Waals surface area (Å²) in [5, 5.41) is 0. The lowest BCUT2D eigenvalue weighted by Gasteiger charge is -2.09. The molecule has 19 heavy (non-hydrogen) atoms. The zero-order valence-electron chi connectivity index (χ0n) is 10.6. The molecule has 0 spiro atoms. The van der Waals surface area contributed by atoms with Crippen LogP contribution in [0.2, 0.25) is 0 Å². The first-order chi connectivity index (χ1) is 9.17. The number of rotatable bonds is 4. The number of methoxy groups -OCH3 is 2. The van der Waals surface area contributed by atoms with Crippen molar-refractivity contribution in [1.29, 1.82) is 0 Å². The first kappa shape index (κ1) is 13.1. The summed E-state index contributed by atoms with van der Waals surface area (Å²) in [6.07, 6.45) is 0.496. The molecular formula is C15H13FO3. The minimum absolute atomic E-state index is 0.0271. The summed E-state index contributed by atoms with van der Waals surface area (Å²) in [6.45, 7) is 0. The fourth-order valence-corrected chi connectivity index (χ4v) is 1.79. The monoisotopic (exact) mass is 260 g/mol. The minimum atomic E-state index is -0.534. The van der Waals surface area contributed by atoms with Gasteiger partial charge < -0.3 is 9.47 Å². The van der Waals surface area contributed by atoms with Crippen LogP contribution in [-0.2, 0) is 0 Å². The van der Waals surface area contributed by atoms with Crippen molar-refractivity contribution >= 4 is 6.29 Å². The van der Waals surface area contributed by atoms with Crippen molar-refractivity contribution in [2.75, 3.05) is 14.2 Å². The quantitative estimate of drug-likeness (QED) is 0.791. The highest BCUT2D eigenvalue weighted by Gasteiger charge is 2.07. The molecule has 0 aliphatic carbocycles. The Morgan fingerprint density at radius 1 is 0.947 bits per heavy atom. The Kier molecular flexibility index (Phi) is 3.80. The SMILES string of the molecule is COc1cc(OC)cc(-c2ccc(F)c(C=O)c2)c1. The van der Waals surface area contributed by atoms with Crippen LogP contribution in [0.3, 0.4) is 0 Å². The number of aldehydes is 1. The molecule has 0 aromatic heterocycles. The Morgan fingerprint density at radius 2 is 1.58 bits per heavy atom. The van der Waals surface area contributed by atoms with Crippen molar-refractivity contribution in [2.45, 2.75) is 0 Å². The van der Waals surface area contributed by atoms with E-state index >= 15 is 0 Å². The molecule has 98 valence electrons. The van der Waals surface area contributed by atoms with Crippen molar-refractivity contribution in [3.63, 3.8) is 0 Å². The van der Waals surface area contributed by atoms with E-state index in [-0.39, 0.29) is 5.56 Å². The molecule has 4 heteroatoms. The molecule has 0 radical (unpaired) electrons. The van der Waals surface area contributed by atoms with Gasteiger partial charge in [-0.1, -0.05) is 6.07 Å². The lowest BCUT2D eigenvalue weighted by atomic mass is 10.0. The summed E-state index contributed by atoms with van der Waals surface area (Å²) >= 11 is 0. The van der Waals surface area contributed by atoms with E-state index in [1.165, 1.54) is 12.1 Å². The van der Waals surface area contributed by atoms with Crippen molar-refractivity contribution in [3.05, 3.63) is 47.8 Å². The molecule has 0 saturated heterocycles. The van der Waals surface area contributed by atoms with Crippen LogP contribution in [0.15, 0.2) is 36.4 Å². The smallest absolute Gasteiger partial charge is 0.153 e. The molecule has 0 heterocycles. The summed E-state index contributed by atoms with van der Waals surface area (Å²) in [7, 11) is 3.11. The Hall–Kier alpha value is -2.36. The van der Waals surface area contributed by atoms with Gasteiger partial charge >= 0.3 is 0 Å². The van der Waals surface area contributed by atoms with Gasteiger partial charge in [0.2, 0.25) is 0 Å². The van der Waals surface area contributed by atoms with Crippen LogP contribution in [0.1, 0.15) is 10.4 Å². The van der Waals surface area contributed by atoms with Crippen LogP contribution < -0.4 is 9.47 Å². The van der Waals surface area contributed by atoms with Gasteiger partial charge in [-0.2, -0.15) is 0 Å². The molecule has 0 amide bonds. The van der Waals surface area contributed by atoms with Crippen LogP contribution in [0.25, 0.3) is 11.1 Å². The van der Waals surface area contributed by atoms with E-state index < -0.39 is 5.82 Å². The summed E-state index contributed by atoms with van der Waals surface area (Å²) in [5.74, 6) is 0.728. The predicted octanol–water partition coefficient (Wildman–Crippen LogP) is 3.32. The fourth-order valence-electron chi connectivity index (χ4n) is 1.79. The molecule has 2 aromatic rings. The van der Waals surface area contributed by atoms with Gasteiger partial charge in [-0.05, 0) is 35.4 Å². The molecule has 0 fully saturated rings. The van der Waals surface area contributed by atoms with Crippen LogP contribution in [0, 0.1) is 5.82 Å². The third kappa shape index (κ3) is 2.73. The van der Waals surface area contributed by atoms with E-state index in [0.717, 1.165) is 11.1 Å². The second kappa shape index (κ2) is 5.52. The van der Waals surface area contributed by atoms with Crippen molar-refractivity contribution in [3.8, 4) is 22.6 Å². The van der Waals surface area contributed by atoms with Gasteiger partial charge in [0.15, 0.2) is 6.29 Å². The molecule has 2 aromatic carbocycles. The van der Waals surface area contributed by atoms with E-state index in [1.54, 1.807) is 38.5 Å². The third-order valence-electron chi connectivity index (χ3n) is 2.81. The van der Waals surface area contributed by atoms with Crippen LogP contribution in [0.5, 0.6) is 11.5 Å². The van der Waals surface area contributed by atoms with Gasteiger partial charge in [0, 0.05) is 6.07 Å². The number of carbonyl (C=O) groups is 1. The Labute approximate surface area is 110 Å². The zero-order valence-corrected chi connectivity index (χ0v) is 10.6. The number of hydrogen-bond acceptors (Lipinski definition) is 3. The standard InChI is InChI=1S/C15H13FO3/c1-18-13-6-11(7-14(8-13)19-2)10-3-4-15(16)12(5-10)9-17/h3-9H,1-2H3.